The Morgan fingerprint density at radius 2 is 2.30 bits per heavy atom. The molecular weight excluding hydrogens is 280 g/mol. The van der Waals surface area contributed by atoms with E-state index in [9.17, 15) is 9.90 Å². The number of methoxy groups -OCH3 is 1. The Kier molecular flexibility index (Phi) is 4.86. The number of hydrogen-bond acceptors (Lipinski definition) is 4. The summed E-state index contributed by atoms with van der Waals surface area (Å²) in [6.07, 6.45) is -0.349. The predicted molar refractivity (Wildman–Crippen MR) is 78.2 cm³/mol. The number of ether oxygens (including phenoxy) is 1. The number of nitrogens with zero attached hydrogens (tertiary/aromatic N) is 1. The van der Waals surface area contributed by atoms with Crippen molar-refractivity contribution in [3.05, 3.63) is 23.2 Å². The summed E-state index contributed by atoms with van der Waals surface area (Å²) in [4.78, 5) is 13.9. The molecule has 0 aromatic heterocycles. The van der Waals surface area contributed by atoms with Crippen LogP contribution in [0, 0.1) is 5.92 Å². The van der Waals surface area contributed by atoms with E-state index < -0.39 is 0 Å². The van der Waals surface area contributed by atoms with Crippen molar-refractivity contribution in [2.45, 2.75) is 13.0 Å². The van der Waals surface area contributed by atoms with Gasteiger partial charge in [-0.3, -0.25) is 9.69 Å². The minimum Gasteiger partial charge on any atom is -0.495 e. The van der Waals surface area contributed by atoms with Gasteiger partial charge in [0.05, 0.1) is 24.8 Å². The maximum atomic E-state index is 11.9. The van der Waals surface area contributed by atoms with Crippen molar-refractivity contribution in [3.8, 4) is 5.75 Å². The van der Waals surface area contributed by atoms with Crippen LogP contribution in [0.2, 0.25) is 5.02 Å². The van der Waals surface area contributed by atoms with E-state index in [4.69, 9.17) is 16.3 Å². The average Bonchev–Trinajstić information content (AvgIpc) is 2.68. The number of likely N-dealkylation sites (tertiary alicyclic amines) is 1. The number of amides is 1. The van der Waals surface area contributed by atoms with Gasteiger partial charge in [0.1, 0.15) is 5.75 Å². The van der Waals surface area contributed by atoms with Crippen LogP contribution in [0.5, 0.6) is 5.75 Å². The molecule has 0 saturated carbocycles. The molecule has 0 aliphatic carbocycles. The largest absolute Gasteiger partial charge is 0.495 e. The molecule has 6 heteroatoms. The molecule has 0 bridgehead atoms. The maximum Gasteiger partial charge on any atom is 0.238 e. The lowest BCUT2D eigenvalue weighted by atomic mass is 10.1. The van der Waals surface area contributed by atoms with Gasteiger partial charge in [-0.05, 0) is 24.1 Å². The van der Waals surface area contributed by atoms with Crippen molar-refractivity contribution in [1.82, 2.24) is 4.90 Å². The average molecular weight is 299 g/mol. The Morgan fingerprint density at radius 1 is 1.55 bits per heavy atom. The number of aliphatic hydroxyl groups is 1. The second kappa shape index (κ2) is 6.43. The van der Waals surface area contributed by atoms with Crippen LogP contribution < -0.4 is 10.1 Å². The number of nitrogens with one attached hydrogen (secondary N) is 1. The van der Waals surface area contributed by atoms with E-state index in [0.717, 1.165) is 6.54 Å². The molecule has 2 unspecified atom stereocenters. The van der Waals surface area contributed by atoms with Gasteiger partial charge in [0.25, 0.3) is 0 Å². The van der Waals surface area contributed by atoms with Crippen LogP contribution in [0.4, 0.5) is 5.69 Å². The fourth-order valence-electron chi connectivity index (χ4n) is 2.32. The molecule has 1 saturated heterocycles. The summed E-state index contributed by atoms with van der Waals surface area (Å²) in [6, 6.07) is 5.10. The lowest BCUT2D eigenvalue weighted by Crippen LogP contribution is -2.32. The molecule has 110 valence electrons. The van der Waals surface area contributed by atoms with Gasteiger partial charge in [0, 0.05) is 18.8 Å². The lowest BCUT2D eigenvalue weighted by Gasteiger charge is -2.15. The molecule has 1 aromatic rings. The molecule has 20 heavy (non-hydrogen) atoms. The quantitative estimate of drug-likeness (QED) is 0.886. The van der Waals surface area contributed by atoms with Crippen LogP contribution in [0.3, 0.4) is 0 Å². The summed E-state index contributed by atoms with van der Waals surface area (Å²) in [5, 5.41) is 12.9. The summed E-state index contributed by atoms with van der Waals surface area (Å²) in [6.45, 7) is 3.52. The molecule has 2 N–H and O–H groups in total. The van der Waals surface area contributed by atoms with Crippen molar-refractivity contribution in [3.63, 3.8) is 0 Å². The molecule has 1 aliphatic heterocycles. The molecule has 1 heterocycles. The summed E-state index contributed by atoms with van der Waals surface area (Å²) in [5.41, 5.74) is 0.633. The molecule has 5 nitrogen and oxygen atoms in total. The summed E-state index contributed by atoms with van der Waals surface area (Å²) in [5.74, 6) is 0.659. The van der Waals surface area contributed by atoms with Crippen LogP contribution in [0.1, 0.15) is 6.92 Å². The topological polar surface area (TPSA) is 61.8 Å². The van der Waals surface area contributed by atoms with Gasteiger partial charge in [0.2, 0.25) is 5.91 Å². The second-order valence-corrected chi connectivity index (χ2v) is 5.54. The zero-order valence-electron chi connectivity index (χ0n) is 11.6. The third-order valence-electron chi connectivity index (χ3n) is 3.45. The number of hydrogen-bond donors (Lipinski definition) is 2. The zero-order valence-corrected chi connectivity index (χ0v) is 12.4. The second-order valence-electron chi connectivity index (χ2n) is 5.14. The zero-order chi connectivity index (χ0) is 14.7. The molecule has 1 fully saturated rings. The molecule has 1 aliphatic rings. The van der Waals surface area contributed by atoms with Gasteiger partial charge >= 0.3 is 0 Å². The van der Waals surface area contributed by atoms with E-state index in [-0.39, 0.29) is 24.5 Å². The van der Waals surface area contributed by atoms with E-state index >= 15 is 0 Å². The number of aliphatic hydroxyl groups excluding tert-OH is 1. The third-order valence-corrected chi connectivity index (χ3v) is 3.75. The van der Waals surface area contributed by atoms with Gasteiger partial charge in [-0.2, -0.15) is 0 Å². The van der Waals surface area contributed by atoms with E-state index in [0.29, 0.717) is 23.0 Å². The number of carbonyl (C=O) groups excluding carboxylic acids is 1. The van der Waals surface area contributed by atoms with Crippen molar-refractivity contribution in [2.75, 3.05) is 32.1 Å². The molecule has 2 atom stereocenters. The van der Waals surface area contributed by atoms with Gasteiger partial charge in [0.15, 0.2) is 0 Å². The normalized spacial score (nSPS) is 22.8. The van der Waals surface area contributed by atoms with Crippen LogP contribution >= 0.6 is 11.6 Å². The Balaban J connectivity index is 1.90. The fourth-order valence-corrected chi connectivity index (χ4v) is 2.58. The Hall–Kier alpha value is -1.30. The van der Waals surface area contributed by atoms with Gasteiger partial charge in [-0.25, -0.2) is 0 Å². The third kappa shape index (κ3) is 3.62. The van der Waals surface area contributed by atoms with Crippen molar-refractivity contribution >= 4 is 23.2 Å². The van der Waals surface area contributed by atoms with Crippen molar-refractivity contribution < 1.29 is 14.6 Å². The highest BCUT2D eigenvalue weighted by atomic mass is 35.5. The van der Waals surface area contributed by atoms with Crippen LogP contribution in [0.25, 0.3) is 0 Å². The SMILES string of the molecule is COc1ccc(NC(=O)CN2CC(C)C(O)C2)cc1Cl. The monoisotopic (exact) mass is 298 g/mol. The van der Waals surface area contributed by atoms with E-state index in [1.165, 1.54) is 0 Å². The Bertz CT molecular complexity index is 485. The van der Waals surface area contributed by atoms with Crippen LogP contribution in [-0.4, -0.2) is 48.8 Å². The van der Waals surface area contributed by atoms with Gasteiger partial charge in [-0.1, -0.05) is 18.5 Å². The Morgan fingerprint density at radius 3 is 2.85 bits per heavy atom. The summed E-state index contributed by atoms with van der Waals surface area (Å²) in [7, 11) is 1.54. The van der Waals surface area contributed by atoms with Crippen LogP contribution in [0.15, 0.2) is 18.2 Å². The van der Waals surface area contributed by atoms with Crippen molar-refractivity contribution in [1.29, 1.82) is 0 Å². The lowest BCUT2D eigenvalue weighted by molar-refractivity contribution is -0.117. The molecular formula is C14H19ClN2O3. The first-order valence-corrected chi connectivity index (χ1v) is 6.91. The number of anilines is 1. The summed E-state index contributed by atoms with van der Waals surface area (Å²) >= 11 is 6.00. The molecule has 1 aromatic carbocycles. The maximum absolute atomic E-state index is 11.9. The van der Waals surface area contributed by atoms with E-state index in [1.54, 1.807) is 25.3 Å². The fraction of sp³-hybridized carbons (Fsp3) is 0.500. The molecule has 1 amide bonds. The van der Waals surface area contributed by atoms with Gasteiger partial charge < -0.3 is 15.2 Å². The van der Waals surface area contributed by atoms with E-state index in [2.05, 4.69) is 5.32 Å². The highest BCUT2D eigenvalue weighted by Crippen LogP contribution is 2.27. The highest BCUT2D eigenvalue weighted by Gasteiger charge is 2.28. The summed E-state index contributed by atoms with van der Waals surface area (Å²) < 4.78 is 5.06. The first-order valence-electron chi connectivity index (χ1n) is 6.53. The smallest absolute Gasteiger partial charge is 0.238 e. The molecule has 0 spiro atoms. The minimum absolute atomic E-state index is 0.118. The molecule has 0 radical (unpaired) electrons. The minimum atomic E-state index is -0.349. The van der Waals surface area contributed by atoms with E-state index in [1.807, 2.05) is 11.8 Å². The number of β-amino-alcohol motifs (C(OH)–C–C–N with tert-alkyl or cyclic N) is 1. The number of rotatable bonds is 4. The number of benzene rings is 1. The van der Waals surface area contributed by atoms with Gasteiger partial charge in [-0.15, -0.1) is 0 Å². The Labute approximate surface area is 123 Å². The highest BCUT2D eigenvalue weighted by molar-refractivity contribution is 6.32. The van der Waals surface area contributed by atoms with Crippen molar-refractivity contribution in [2.24, 2.45) is 5.92 Å². The first kappa shape index (κ1) is 15.1. The molecule has 2 rings (SSSR count). The predicted octanol–water partition coefficient (Wildman–Crippen LogP) is 1.60. The number of halogens is 1. The van der Waals surface area contributed by atoms with Crippen LogP contribution in [-0.2, 0) is 4.79 Å². The first-order chi connectivity index (χ1) is 9.49. The standard InChI is InChI=1S/C14H19ClN2O3/c1-9-6-17(7-12(9)18)8-14(19)16-10-3-4-13(20-2)11(15)5-10/h3-5,9,12,18H,6-8H2,1-2H3,(H,16,19). The number of carbonyl (C=O) groups is 1.